The summed E-state index contributed by atoms with van der Waals surface area (Å²) in [5.74, 6) is -0.777. The Morgan fingerprint density at radius 2 is 1.50 bits per heavy atom. The van der Waals surface area contributed by atoms with E-state index in [4.69, 9.17) is 0 Å². The second-order valence-electron chi connectivity index (χ2n) is 6.27. The minimum absolute atomic E-state index is 0.0627. The van der Waals surface area contributed by atoms with Gasteiger partial charge in [-0.3, -0.25) is 4.79 Å². The van der Waals surface area contributed by atoms with Crippen LogP contribution < -0.4 is 4.90 Å². The molecule has 0 atom stereocenters. The summed E-state index contributed by atoms with van der Waals surface area (Å²) in [5.41, 5.74) is 0.571. The summed E-state index contributed by atoms with van der Waals surface area (Å²) in [5, 5.41) is 0. The molecule has 2 aliphatic rings. The topological polar surface area (TPSA) is 23.6 Å². The first-order chi connectivity index (χ1) is 10.6. The first-order valence-corrected chi connectivity index (χ1v) is 8.13. The van der Waals surface area contributed by atoms with Crippen molar-refractivity contribution in [1.82, 2.24) is 4.90 Å². The Balaban J connectivity index is 1.58. The molecule has 1 aromatic rings. The predicted molar refractivity (Wildman–Crippen MR) is 81.7 cm³/mol. The number of piperidine rings is 2. The van der Waals surface area contributed by atoms with E-state index in [0.29, 0.717) is 18.8 Å². The molecule has 0 spiro atoms. The highest BCUT2D eigenvalue weighted by Gasteiger charge is 2.29. The van der Waals surface area contributed by atoms with E-state index in [-0.39, 0.29) is 11.8 Å². The van der Waals surface area contributed by atoms with Crippen LogP contribution in [0, 0.1) is 17.6 Å². The minimum Gasteiger partial charge on any atom is -0.371 e. The molecular weight excluding hydrogens is 286 g/mol. The number of amides is 1. The lowest BCUT2D eigenvalue weighted by Gasteiger charge is -2.36. The van der Waals surface area contributed by atoms with Gasteiger partial charge >= 0.3 is 0 Å². The molecule has 5 heteroatoms. The van der Waals surface area contributed by atoms with Crippen molar-refractivity contribution in [2.24, 2.45) is 5.92 Å². The molecule has 1 aromatic carbocycles. The standard InChI is InChI=1S/C17H22F2N2O/c18-14-10-15(19)12-16(11-14)20-8-4-13(5-9-20)17(22)21-6-2-1-3-7-21/h10-13H,1-9H2. The number of benzene rings is 1. The maximum atomic E-state index is 13.3. The fraction of sp³-hybridized carbons (Fsp3) is 0.588. The highest BCUT2D eigenvalue weighted by atomic mass is 19.1. The molecule has 0 radical (unpaired) electrons. The number of nitrogens with zero attached hydrogens (tertiary/aromatic N) is 2. The van der Waals surface area contributed by atoms with Crippen molar-refractivity contribution in [3.05, 3.63) is 29.8 Å². The Morgan fingerprint density at radius 3 is 2.09 bits per heavy atom. The molecule has 0 saturated carbocycles. The van der Waals surface area contributed by atoms with Gasteiger partial charge in [-0.1, -0.05) is 0 Å². The molecule has 2 heterocycles. The van der Waals surface area contributed by atoms with E-state index in [1.807, 2.05) is 9.80 Å². The van der Waals surface area contributed by atoms with Crippen LogP contribution in [-0.2, 0) is 4.79 Å². The fourth-order valence-electron chi connectivity index (χ4n) is 3.48. The number of anilines is 1. The van der Waals surface area contributed by atoms with E-state index in [2.05, 4.69) is 0 Å². The second-order valence-corrected chi connectivity index (χ2v) is 6.27. The summed E-state index contributed by atoms with van der Waals surface area (Å²) < 4.78 is 26.6. The van der Waals surface area contributed by atoms with Crippen molar-refractivity contribution in [3.8, 4) is 0 Å². The smallest absolute Gasteiger partial charge is 0.225 e. The van der Waals surface area contributed by atoms with E-state index in [1.165, 1.54) is 18.6 Å². The molecule has 2 aliphatic heterocycles. The van der Waals surface area contributed by atoms with Crippen molar-refractivity contribution in [3.63, 3.8) is 0 Å². The monoisotopic (exact) mass is 308 g/mol. The van der Waals surface area contributed by atoms with E-state index in [9.17, 15) is 13.6 Å². The van der Waals surface area contributed by atoms with Crippen molar-refractivity contribution < 1.29 is 13.6 Å². The summed E-state index contributed by atoms with van der Waals surface area (Å²) in [4.78, 5) is 16.4. The molecule has 1 amide bonds. The van der Waals surface area contributed by atoms with Gasteiger partial charge < -0.3 is 9.80 Å². The maximum absolute atomic E-state index is 13.3. The summed E-state index contributed by atoms with van der Waals surface area (Å²) in [6, 6.07) is 3.60. The van der Waals surface area contributed by atoms with Crippen LogP contribution in [-0.4, -0.2) is 37.0 Å². The summed E-state index contributed by atoms with van der Waals surface area (Å²) in [6.45, 7) is 3.11. The maximum Gasteiger partial charge on any atom is 0.225 e. The Hall–Kier alpha value is -1.65. The third-order valence-electron chi connectivity index (χ3n) is 4.72. The SMILES string of the molecule is O=C(C1CCN(c2cc(F)cc(F)c2)CC1)N1CCCCC1. The first-order valence-electron chi connectivity index (χ1n) is 8.13. The highest BCUT2D eigenvalue weighted by Crippen LogP contribution is 2.26. The van der Waals surface area contributed by atoms with Crippen LogP contribution >= 0.6 is 0 Å². The highest BCUT2D eigenvalue weighted by molar-refractivity contribution is 5.79. The van der Waals surface area contributed by atoms with Gasteiger partial charge in [-0.25, -0.2) is 8.78 Å². The van der Waals surface area contributed by atoms with Gasteiger partial charge in [0.1, 0.15) is 11.6 Å². The van der Waals surface area contributed by atoms with E-state index < -0.39 is 11.6 Å². The van der Waals surface area contributed by atoms with Gasteiger partial charge in [0.15, 0.2) is 0 Å². The molecule has 3 rings (SSSR count). The zero-order valence-electron chi connectivity index (χ0n) is 12.7. The zero-order valence-corrected chi connectivity index (χ0v) is 12.7. The fourth-order valence-corrected chi connectivity index (χ4v) is 3.48. The van der Waals surface area contributed by atoms with Crippen molar-refractivity contribution in [2.45, 2.75) is 32.1 Å². The second kappa shape index (κ2) is 6.63. The lowest BCUT2D eigenvalue weighted by molar-refractivity contribution is -0.137. The van der Waals surface area contributed by atoms with E-state index in [1.54, 1.807) is 0 Å². The van der Waals surface area contributed by atoms with Gasteiger partial charge in [0.05, 0.1) is 0 Å². The van der Waals surface area contributed by atoms with Crippen molar-refractivity contribution >= 4 is 11.6 Å². The average molecular weight is 308 g/mol. The number of likely N-dealkylation sites (tertiary alicyclic amines) is 1. The van der Waals surface area contributed by atoms with Crippen LogP contribution in [0.5, 0.6) is 0 Å². The Kier molecular flexibility index (Phi) is 4.60. The van der Waals surface area contributed by atoms with Crippen molar-refractivity contribution in [2.75, 3.05) is 31.1 Å². The van der Waals surface area contributed by atoms with Gasteiger partial charge in [-0.15, -0.1) is 0 Å². The lowest BCUT2D eigenvalue weighted by Crippen LogP contribution is -2.44. The Bertz CT molecular complexity index is 515. The van der Waals surface area contributed by atoms with Crippen LogP contribution in [0.1, 0.15) is 32.1 Å². The molecule has 22 heavy (non-hydrogen) atoms. The lowest BCUT2D eigenvalue weighted by atomic mass is 9.94. The van der Waals surface area contributed by atoms with Gasteiger partial charge in [0.25, 0.3) is 0 Å². The normalized spacial score (nSPS) is 20.3. The van der Waals surface area contributed by atoms with Gasteiger partial charge in [0, 0.05) is 43.9 Å². The van der Waals surface area contributed by atoms with Gasteiger partial charge in [0.2, 0.25) is 5.91 Å². The van der Waals surface area contributed by atoms with Gasteiger partial charge in [-0.2, -0.15) is 0 Å². The molecule has 0 bridgehead atoms. The van der Waals surface area contributed by atoms with E-state index >= 15 is 0 Å². The quantitative estimate of drug-likeness (QED) is 0.837. The number of halogens is 2. The average Bonchev–Trinajstić information content (AvgIpc) is 2.54. The summed E-state index contributed by atoms with van der Waals surface area (Å²) >= 11 is 0. The number of hydrogen-bond donors (Lipinski definition) is 0. The molecular formula is C17H22F2N2O. The predicted octanol–water partition coefficient (Wildman–Crippen LogP) is 3.19. The number of carbonyl (C=O) groups is 1. The third-order valence-corrected chi connectivity index (χ3v) is 4.72. The van der Waals surface area contributed by atoms with E-state index in [0.717, 1.165) is 44.8 Å². The molecule has 0 N–H and O–H groups in total. The van der Waals surface area contributed by atoms with Crippen LogP contribution in [0.3, 0.4) is 0 Å². The molecule has 0 aromatic heterocycles. The number of hydrogen-bond acceptors (Lipinski definition) is 2. The summed E-state index contributed by atoms with van der Waals surface area (Å²) in [7, 11) is 0. The van der Waals surface area contributed by atoms with Crippen LogP contribution in [0.15, 0.2) is 18.2 Å². The Labute approximate surface area is 129 Å². The van der Waals surface area contributed by atoms with Gasteiger partial charge in [-0.05, 0) is 44.2 Å². The van der Waals surface area contributed by atoms with Crippen molar-refractivity contribution in [1.29, 1.82) is 0 Å². The number of rotatable bonds is 2. The summed E-state index contributed by atoms with van der Waals surface area (Å²) in [6.07, 6.45) is 4.94. The molecule has 2 saturated heterocycles. The van der Waals surface area contributed by atoms with Crippen LogP contribution in [0.25, 0.3) is 0 Å². The van der Waals surface area contributed by atoms with Crippen LogP contribution in [0.4, 0.5) is 14.5 Å². The largest absolute Gasteiger partial charge is 0.371 e. The molecule has 120 valence electrons. The number of carbonyl (C=O) groups excluding carboxylic acids is 1. The molecule has 0 aliphatic carbocycles. The minimum atomic E-state index is -0.554. The third kappa shape index (κ3) is 3.39. The Morgan fingerprint density at radius 1 is 0.909 bits per heavy atom. The first kappa shape index (κ1) is 15.3. The van der Waals surface area contributed by atoms with Crippen LogP contribution in [0.2, 0.25) is 0 Å². The molecule has 3 nitrogen and oxygen atoms in total. The molecule has 0 unspecified atom stereocenters. The molecule has 2 fully saturated rings. The zero-order chi connectivity index (χ0) is 15.5.